The van der Waals surface area contributed by atoms with Gasteiger partial charge in [0.25, 0.3) is 0 Å². The number of carbonyl (C=O) groups is 1. The number of amides is 1. The maximum Gasteiger partial charge on any atom is 0.225 e. The number of para-hydroxylation sites is 1. The minimum absolute atomic E-state index is 0.134. The molecule has 122 valence electrons. The van der Waals surface area contributed by atoms with Gasteiger partial charge in [-0.1, -0.05) is 39.0 Å². The topological polar surface area (TPSA) is 32.3 Å². The first kappa shape index (κ1) is 17.0. The third kappa shape index (κ3) is 4.57. The molecule has 1 aromatic carbocycles. The van der Waals surface area contributed by atoms with Crippen molar-refractivity contribution < 1.29 is 4.79 Å². The van der Waals surface area contributed by atoms with Crippen LogP contribution < -0.4 is 5.32 Å². The molecule has 1 saturated heterocycles. The average molecular weight is 302 g/mol. The van der Waals surface area contributed by atoms with E-state index in [9.17, 15) is 4.79 Å². The summed E-state index contributed by atoms with van der Waals surface area (Å²) >= 11 is 0. The standard InChI is InChI=1S/C19H30N2O/c1-14(2)17-7-5-6-16(4)19(17)20-18(22)10-13-21-11-8-15(3)9-12-21/h5-7,14-15H,8-13H2,1-4H3,(H,20,22). The van der Waals surface area contributed by atoms with Crippen molar-refractivity contribution in [1.82, 2.24) is 4.90 Å². The van der Waals surface area contributed by atoms with Gasteiger partial charge in [-0.3, -0.25) is 4.79 Å². The van der Waals surface area contributed by atoms with Gasteiger partial charge in [0.2, 0.25) is 5.91 Å². The van der Waals surface area contributed by atoms with E-state index >= 15 is 0 Å². The Morgan fingerprint density at radius 3 is 2.64 bits per heavy atom. The molecule has 1 N–H and O–H groups in total. The molecule has 0 bridgehead atoms. The SMILES string of the molecule is Cc1cccc(C(C)C)c1NC(=O)CCN1CCC(C)CC1. The van der Waals surface area contributed by atoms with Crippen LogP contribution in [0, 0.1) is 12.8 Å². The first-order valence-corrected chi connectivity index (χ1v) is 8.59. The van der Waals surface area contributed by atoms with Crippen LogP contribution in [-0.2, 0) is 4.79 Å². The summed E-state index contributed by atoms with van der Waals surface area (Å²) < 4.78 is 0. The van der Waals surface area contributed by atoms with Crippen LogP contribution in [0.3, 0.4) is 0 Å². The van der Waals surface area contributed by atoms with Crippen molar-refractivity contribution >= 4 is 11.6 Å². The van der Waals surface area contributed by atoms with Crippen molar-refractivity contribution in [2.24, 2.45) is 5.92 Å². The number of anilines is 1. The summed E-state index contributed by atoms with van der Waals surface area (Å²) in [6, 6.07) is 6.24. The molecule has 1 fully saturated rings. The van der Waals surface area contributed by atoms with Crippen LogP contribution in [0.5, 0.6) is 0 Å². The lowest BCUT2D eigenvalue weighted by Gasteiger charge is -2.29. The van der Waals surface area contributed by atoms with Gasteiger partial charge in [0.15, 0.2) is 0 Å². The van der Waals surface area contributed by atoms with E-state index < -0.39 is 0 Å². The summed E-state index contributed by atoms with van der Waals surface area (Å²) in [7, 11) is 0. The Kier molecular flexibility index (Phi) is 6.01. The molecule has 0 aromatic heterocycles. The van der Waals surface area contributed by atoms with Crippen molar-refractivity contribution in [3.63, 3.8) is 0 Å². The number of nitrogens with one attached hydrogen (secondary N) is 1. The van der Waals surface area contributed by atoms with E-state index in [4.69, 9.17) is 0 Å². The molecule has 1 aliphatic rings. The van der Waals surface area contributed by atoms with E-state index in [1.165, 1.54) is 18.4 Å². The van der Waals surface area contributed by atoms with Crippen molar-refractivity contribution in [3.8, 4) is 0 Å². The Morgan fingerprint density at radius 2 is 2.00 bits per heavy atom. The number of hydrogen-bond donors (Lipinski definition) is 1. The number of rotatable bonds is 5. The van der Waals surface area contributed by atoms with Gasteiger partial charge >= 0.3 is 0 Å². The number of hydrogen-bond acceptors (Lipinski definition) is 2. The number of nitrogens with zero attached hydrogens (tertiary/aromatic N) is 1. The monoisotopic (exact) mass is 302 g/mol. The summed E-state index contributed by atoms with van der Waals surface area (Å²) in [5.74, 6) is 1.39. The molecule has 3 nitrogen and oxygen atoms in total. The van der Waals surface area contributed by atoms with Gasteiger partial charge in [0.1, 0.15) is 0 Å². The first-order valence-electron chi connectivity index (χ1n) is 8.59. The zero-order valence-electron chi connectivity index (χ0n) is 14.5. The van der Waals surface area contributed by atoms with Crippen LogP contribution in [0.25, 0.3) is 0 Å². The van der Waals surface area contributed by atoms with E-state index in [1.54, 1.807) is 0 Å². The zero-order chi connectivity index (χ0) is 16.1. The second-order valence-corrected chi connectivity index (χ2v) is 7.02. The molecule has 2 rings (SSSR count). The van der Waals surface area contributed by atoms with E-state index in [1.807, 2.05) is 0 Å². The van der Waals surface area contributed by atoms with Gasteiger partial charge in [-0.05, 0) is 55.8 Å². The minimum atomic E-state index is 0.134. The molecule has 22 heavy (non-hydrogen) atoms. The van der Waals surface area contributed by atoms with Gasteiger partial charge in [-0.25, -0.2) is 0 Å². The van der Waals surface area contributed by atoms with Crippen molar-refractivity contribution in [2.75, 3.05) is 25.0 Å². The first-order chi connectivity index (χ1) is 10.5. The summed E-state index contributed by atoms with van der Waals surface area (Å²) in [6.45, 7) is 11.9. The van der Waals surface area contributed by atoms with Crippen LogP contribution in [0.4, 0.5) is 5.69 Å². The molecule has 0 spiro atoms. The fourth-order valence-corrected chi connectivity index (χ4v) is 3.09. The molecular formula is C19H30N2O. The molecule has 0 saturated carbocycles. The second kappa shape index (κ2) is 7.77. The van der Waals surface area contributed by atoms with Crippen LogP contribution in [0.1, 0.15) is 57.1 Å². The fourth-order valence-electron chi connectivity index (χ4n) is 3.09. The lowest BCUT2D eigenvalue weighted by atomic mass is 9.98. The molecule has 1 aliphatic heterocycles. The maximum absolute atomic E-state index is 12.3. The quantitative estimate of drug-likeness (QED) is 0.885. The normalized spacial score (nSPS) is 17.0. The summed E-state index contributed by atoms with van der Waals surface area (Å²) in [6.07, 6.45) is 3.11. The highest BCUT2D eigenvalue weighted by Gasteiger charge is 2.17. The summed E-state index contributed by atoms with van der Waals surface area (Å²) in [5, 5.41) is 3.14. The van der Waals surface area contributed by atoms with E-state index in [0.29, 0.717) is 12.3 Å². The lowest BCUT2D eigenvalue weighted by molar-refractivity contribution is -0.116. The smallest absolute Gasteiger partial charge is 0.225 e. The molecule has 1 amide bonds. The minimum Gasteiger partial charge on any atom is -0.326 e. The Labute approximate surface area is 135 Å². The Bertz CT molecular complexity index is 502. The molecule has 0 radical (unpaired) electrons. The average Bonchev–Trinajstić information content (AvgIpc) is 2.48. The molecule has 0 atom stereocenters. The third-order valence-electron chi connectivity index (χ3n) is 4.72. The van der Waals surface area contributed by atoms with Gasteiger partial charge in [0.05, 0.1) is 0 Å². The van der Waals surface area contributed by atoms with Crippen LogP contribution in [0.15, 0.2) is 18.2 Å². The van der Waals surface area contributed by atoms with Gasteiger partial charge in [0, 0.05) is 18.7 Å². The van der Waals surface area contributed by atoms with Gasteiger partial charge < -0.3 is 10.2 Å². The Balaban J connectivity index is 1.90. The van der Waals surface area contributed by atoms with E-state index in [2.05, 4.69) is 56.1 Å². The molecule has 1 heterocycles. The third-order valence-corrected chi connectivity index (χ3v) is 4.72. The largest absolute Gasteiger partial charge is 0.326 e. The van der Waals surface area contributed by atoms with Crippen molar-refractivity contribution in [2.45, 2.75) is 52.9 Å². The predicted octanol–water partition coefficient (Wildman–Crippen LogP) is 4.18. The number of piperidine rings is 1. The highest BCUT2D eigenvalue weighted by Crippen LogP contribution is 2.27. The summed E-state index contributed by atoms with van der Waals surface area (Å²) in [5.41, 5.74) is 3.38. The summed E-state index contributed by atoms with van der Waals surface area (Å²) in [4.78, 5) is 14.7. The molecule has 0 aliphatic carbocycles. The Morgan fingerprint density at radius 1 is 1.32 bits per heavy atom. The van der Waals surface area contributed by atoms with Crippen molar-refractivity contribution in [3.05, 3.63) is 29.3 Å². The number of aryl methyl sites for hydroxylation is 1. The Hall–Kier alpha value is -1.35. The highest BCUT2D eigenvalue weighted by atomic mass is 16.1. The fraction of sp³-hybridized carbons (Fsp3) is 0.632. The molecule has 3 heteroatoms. The number of likely N-dealkylation sites (tertiary alicyclic amines) is 1. The van der Waals surface area contributed by atoms with Crippen molar-refractivity contribution in [1.29, 1.82) is 0 Å². The van der Waals surface area contributed by atoms with Gasteiger partial charge in [-0.15, -0.1) is 0 Å². The highest BCUT2D eigenvalue weighted by molar-refractivity contribution is 5.92. The van der Waals surface area contributed by atoms with E-state index in [0.717, 1.165) is 36.8 Å². The van der Waals surface area contributed by atoms with E-state index in [-0.39, 0.29) is 5.91 Å². The van der Waals surface area contributed by atoms with Crippen LogP contribution in [-0.4, -0.2) is 30.4 Å². The van der Waals surface area contributed by atoms with Crippen LogP contribution in [0.2, 0.25) is 0 Å². The number of carbonyl (C=O) groups excluding carboxylic acids is 1. The second-order valence-electron chi connectivity index (χ2n) is 7.02. The predicted molar refractivity (Wildman–Crippen MR) is 93.4 cm³/mol. The van der Waals surface area contributed by atoms with Gasteiger partial charge in [-0.2, -0.15) is 0 Å². The number of benzene rings is 1. The van der Waals surface area contributed by atoms with Crippen LogP contribution >= 0.6 is 0 Å². The maximum atomic E-state index is 12.3. The lowest BCUT2D eigenvalue weighted by Crippen LogP contribution is -2.35. The zero-order valence-corrected chi connectivity index (χ0v) is 14.5. The molecular weight excluding hydrogens is 272 g/mol. The molecule has 0 unspecified atom stereocenters. The molecule has 1 aromatic rings.